The molecule has 0 bridgehead atoms. The molecule has 0 radical (unpaired) electrons. The van der Waals surface area contributed by atoms with Crippen molar-refractivity contribution in [2.75, 3.05) is 46.6 Å². The first kappa shape index (κ1) is 17.2. The first-order valence-corrected chi connectivity index (χ1v) is 8.74. The number of piperazine rings is 1. The van der Waals surface area contributed by atoms with Crippen LogP contribution >= 0.6 is 0 Å². The van der Waals surface area contributed by atoms with Crippen LogP contribution in [0.25, 0.3) is 0 Å². The Morgan fingerprint density at radius 1 is 1.19 bits per heavy atom. The van der Waals surface area contributed by atoms with Crippen LogP contribution in [-0.2, 0) is 9.47 Å². The molecule has 1 N–H and O–H groups in total. The maximum absolute atomic E-state index is 5.76. The zero-order chi connectivity index (χ0) is 15.1. The second-order valence-electron chi connectivity index (χ2n) is 7.09. The minimum atomic E-state index is 0.661. The van der Waals surface area contributed by atoms with Crippen molar-refractivity contribution in [2.24, 2.45) is 11.8 Å². The largest absolute Gasteiger partial charge is 0.385 e. The molecule has 0 aromatic rings. The summed E-state index contributed by atoms with van der Waals surface area (Å²) >= 11 is 0. The normalized spacial score (nSPS) is 27.4. The molecule has 1 saturated carbocycles. The highest BCUT2D eigenvalue weighted by Crippen LogP contribution is 2.36. The molecule has 1 heterocycles. The third-order valence-corrected chi connectivity index (χ3v) is 4.62. The van der Waals surface area contributed by atoms with Gasteiger partial charge in [-0.1, -0.05) is 13.8 Å². The molecule has 2 atom stereocenters. The molecule has 21 heavy (non-hydrogen) atoms. The Hall–Kier alpha value is -0.160. The highest BCUT2D eigenvalue weighted by molar-refractivity contribution is 4.95. The molecule has 2 unspecified atom stereocenters. The van der Waals surface area contributed by atoms with Gasteiger partial charge in [0.25, 0.3) is 0 Å². The average Bonchev–Trinajstić information content (AvgIpc) is 3.27. The number of methoxy groups -OCH3 is 1. The van der Waals surface area contributed by atoms with Gasteiger partial charge in [-0.2, -0.15) is 0 Å². The highest BCUT2D eigenvalue weighted by Gasteiger charge is 2.38. The number of ether oxygens (including phenoxy) is 2. The lowest BCUT2D eigenvalue weighted by atomic mass is 9.98. The summed E-state index contributed by atoms with van der Waals surface area (Å²) in [5.74, 6) is 1.71. The van der Waals surface area contributed by atoms with Gasteiger partial charge in [0.15, 0.2) is 0 Å². The molecule has 4 heteroatoms. The average molecular weight is 298 g/mol. The predicted molar refractivity (Wildman–Crippen MR) is 86.6 cm³/mol. The smallest absolute Gasteiger partial charge is 0.0593 e. The van der Waals surface area contributed by atoms with Crippen LogP contribution in [0.5, 0.6) is 0 Å². The number of rotatable bonds is 10. The van der Waals surface area contributed by atoms with Gasteiger partial charge in [0, 0.05) is 52.0 Å². The van der Waals surface area contributed by atoms with E-state index in [0.29, 0.717) is 6.04 Å². The number of hydrogen-bond donors (Lipinski definition) is 1. The first-order valence-electron chi connectivity index (χ1n) is 8.74. The minimum absolute atomic E-state index is 0.661. The molecule has 2 rings (SSSR count). The molecule has 0 amide bonds. The zero-order valence-electron chi connectivity index (χ0n) is 14.1. The van der Waals surface area contributed by atoms with Crippen molar-refractivity contribution in [3.05, 3.63) is 0 Å². The van der Waals surface area contributed by atoms with Crippen LogP contribution in [0, 0.1) is 11.8 Å². The Balaban J connectivity index is 1.69. The van der Waals surface area contributed by atoms with E-state index in [1.165, 1.54) is 32.4 Å². The Bertz CT molecular complexity index is 282. The van der Waals surface area contributed by atoms with Crippen molar-refractivity contribution in [1.82, 2.24) is 10.2 Å². The van der Waals surface area contributed by atoms with Crippen molar-refractivity contribution in [1.29, 1.82) is 0 Å². The summed E-state index contributed by atoms with van der Waals surface area (Å²) < 4.78 is 10.8. The van der Waals surface area contributed by atoms with Crippen LogP contribution in [0.1, 0.15) is 39.5 Å². The number of hydrogen-bond acceptors (Lipinski definition) is 4. The van der Waals surface area contributed by atoms with Gasteiger partial charge < -0.3 is 14.8 Å². The maximum atomic E-state index is 5.76. The fraction of sp³-hybridized carbons (Fsp3) is 1.00. The monoisotopic (exact) mass is 298 g/mol. The molecule has 0 aromatic carbocycles. The molecule has 1 saturated heterocycles. The van der Waals surface area contributed by atoms with Crippen molar-refractivity contribution < 1.29 is 9.47 Å². The maximum Gasteiger partial charge on any atom is 0.0593 e. The molecule has 1 aliphatic carbocycles. The van der Waals surface area contributed by atoms with Crippen molar-refractivity contribution in [3.8, 4) is 0 Å². The molecule has 0 aromatic heterocycles. The first-order chi connectivity index (χ1) is 10.2. The third kappa shape index (κ3) is 6.23. The molecule has 2 aliphatic rings. The fourth-order valence-corrected chi connectivity index (χ4v) is 3.42. The molecule has 124 valence electrons. The van der Waals surface area contributed by atoms with Crippen LogP contribution in [0.2, 0.25) is 0 Å². The lowest BCUT2D eigenvalue weighted by Crippen LogP contribution is -2.58. The van der Waals surface area contributed by atoms with E-state index < -0.39 is 0 Å². The second kappa shape index (κ2) is 9.09. The molecule has 0 spiro atoms. The standard InChI is InChI=1S/C17H34N2O2/c1-14(2)11-16-13-19(7-10-21-9-4-8-20-3)17(12-18-16)15-5-6-15/h14-18H,4-13H2,1-3H3. The van der Waals surface area contributed by atoms with Gasteiger partial charge in [0.1, 0.15) is 0 Å². The quantitative estimate of drug-likeness (QED) is 0.627. The SMILES string of the molecule is COCCCOCCN1CC(CC(C)C)NCC1C1CC1. The zero-order valence-corrected chi connectivity index (χ0v) is 14.1. The van der Waals surface area contributed by atoms with Crippen LogP contribution < -0.4 is 5.32 Å². The van der Waals surface area contributed by atoms with Gasteiger partial charge in [0.2, 0.25) is 0 Å². The van der Waals surface area contributed by atoms with Crippen LogP contribution in [0.3, 0.4) is 0 Å². The van der Waals surface area contributed by atoms with Crippen molar-refractivity contribution in [2.45, 2.75) is 51.6 Å². The molecular weight excluding hydrogens is 264 g/mol. The van der Waals surface area contributed by atoms with E-state index in [9.17, 15) is 0 Å². The van der Waals surface area contributed by atoms with Crippen LogP contribution in [0.15, 0.2) is 0 Å². The Kier molecular flexibility index (Phi) is 7.44. The Labute approximate surface area is 130 Å². The molecule has 4 nitrogen and oxygen atoms in total. The van der Waals surface area contributed by atoms with E-state index in [4.69, 9.17) is 9.47 Å². The van der Waals surface area contributed by atoms with E-state index in [1.54, 1.807) is 7.11 Å². The van der Waals surface area contributed by atoms with E-state index >= 15 is 0 Å². The van der Waals surface area contributed by atoms with Gasteiger partial charge in [-0.05, 0) is 37.5 Å². The minimum Gasteiger partial charge on any atom is -0.385 e. The van der Waals surface area contributed by atoms with E-state index in [-0.39, 0.29) is 0 Å². The van der Waals surface area contributed by atoms with Gasteiger partial charge in [-0.15, -0.1) is 0 Å². The molecular formula is C17H34N2O2. The highest BCUT2D eigenvalue weighted by atomic mass is 16.5. The topological polar surface area (TPSA) is 33.7 Å². The Morgan fingerprint density at radius 2 is 2.00 bits per heavy atom. The lowest BCUT2D eigenvalue weighted by molar-refractivity contribution is 0.0484. The van der Waals surface area contributed by atoms with E-state index in [1.807, 2.05) is 0 Å². The fourth-order valence-electron chi connectivity index (χ4n) is 3.42. The summed E-state index contributed by atoms with van der Waals surface area (Å²) in [5, 5.41) is 3.77. The van der Waals surface area contributed by atoms with E-state index in [0.717, 1.165) is 50.7 Å². The molecule has 2 fully saturated rings. The summed E-state index contributed by atoms with van der Waals surface area (Å²) in [6.07, 6.45) is 5.13. The third-order valence-electron chi connectivity index (χ3n) is 4.62. The molecule has 1 aliphatic heterocycles. The number of nitrogens with zero attached hydrogens (tertiary/aromatic N) is 1. The van der Waals surface area contributed by atoms with Gasteiger partial charge in [-0.25, -0.2) is 0 Å². The number of nitrogens with one attached hydrogen (secondary N) is 1. The summed E-state index contributed by atoms with van der Waals surface area (Å²) in [6.45, 7) is 10.6. The summed E-state index contributed by atoms with van der Waals surface area (Å²) in [7, 11) is 1.75. The van der Waals surface area contributed by atoms with E-state index in [2.05, 4.69) is 24.1 Å². The van der Waals surface area contributed by atoms with Crippen LogP contribution in [0.4, 0.5) is 0 Å². The predicted octanol–water partition coefficient (Wildman–Crippen LogP) is 2.14. The summed E-state index contributed by atoms with van der Waals surface area (Å²) in [6, 6.07) is 1.41. The second-order valence-corrected chi connectivity index (χ2v) is 7.09. The van der Waals surface area contributed by atoms with Crippen molar-refractivity contribution >= 4 is 0 Å². The summed E-state index contributed by atoms with van der Waals surface area (Å²) in [5.41, 5.74) is 0. The lowest BCUT2D eigenvalue weighted by Gasteiger charge is -2.41. The Morgan fingerprint density at radius 3 is 2.67 bits per heavy atom. The van der Waals surface area contributed by atoms with Gasteiger partial charge >= 0.3 is 0 Å². The van der Waals surface area contributed by atoms with Gasteiger partial charge in [0.05, 0.1) is 6.61 Å². The summed E-state index contributed by atoms with van der Waals surface area (Å²) in [4.78, 5) is 2.69. The van der Waals surface area contributed by atoms with Gasteiger partial charge in [-0.3, -0.25) is 4.90 Å². The van der Waals surface area contributed by atoms with Crippen molar-refractivity contribution in [3.63, 3.8) is 0 Å². The van der Waals surface area contributed by atoms with Crippen LogP contribution in [-0.4, -0.2) is 63.5 Å².